The van der Waals surface area contributed by atoms with E-state index in [-0.39, 0.29) is 6.10 Å². The highest BCUT2D eigenvalue weighted by Gasteiger charge is 1.96. The number of hydrogen-bond donors (Lipinski definition) is 1. The van der Waals surface area contributed by atoms with Crippen LogP contribution >= 0.6 is 0 Å². The third-order valence-corrected chi connectivity index (χ3v) is 1.06. The molecule has 0 aromatic carbocycles. The van der Waals surface area contributed by atoms with Gasteiger partial charge >= 0.3 is 0 Å². The fourth-order valence-corrected chi connectivity index (χ4v) is 0.662. The van der Waals surface area contributed by atoms with Crippen molar-refractivity contribution in [3.63, 3.8) is 0 Å². The normalized spacial score (nSPS) is 10.1. The molecule has 0 atom stereocenters. The van der Waals surface area contributed by atoms with Crippen molar-refractivity contribution in [3.05, 3.63) is 18.3 Å². The number of hydrogen-bond acceptors (Lipinski definition) is 3. The van der Waals surface area contributed by atoms with Gasteiger partial charge in [-0.25, -0.2) is 4.98 Å². The number of aromatic nitrogens is 1. The van der Waals surface area contributed by atoms with Crippen LogP contribution in [-0.2, 0) is 0 Å². The van der Waals surface area contributed by atoms with Gasteiger partial charge in [0, 0.05) is 6.07 Å². The molecule has 0 fully saturated rings. The van der Waals surface area contributed by atoms with E-state index in [1.807, 2.05) is 13.8 Å². The van der Waals surface area contributed by atoms with Gasteiger partial charge in [0.2, 0.25) is 5.88 Å². The lowest BCUT2D eigenvalue weighted by Gasteiger charge is -2.07. The molecular formula is C8H11N2O. The summed E-state index contributed by atoms with van der Waals surface area (Å²) >= 11 is 0. The van der Waals surface area contributed by atoms with Crippen molar-refractivity contribution in [2.24, 2.45) is 0 Å². The Balaban J connectivity index is 2.66. The van der Waals surface area contributed by atoms with Gasteiger partial charge in [-0.2, -0.15) is 0 Å². The monoisotopic (exact) mass is 151 g/mol. The van der Waals surface area contributed by atoms with Gasteiger partial charge in [-0.3, -0.25) is 0 Å². The highest BCUT2D eigenvalue weighted by molar-refractivity contribution is 5.34. The Morgan fingerprint density at radius 3 is 2.73 bits per heavy atom. The van der Waals surface area contributed by atoms with Crippen molar-refractivity contribution in [3.8, 4) is 5.88 Å². The van der Waals surface area contributed by atoms with E-state index in [2.05, 4.69) is 11.2 Å². The first-order valence-corrected chi connectivity index (χ1v) is 3.49. The summed E-state index contributed by atoms with van der Waals surface area (Å²) < 4.78 is 5.27. The van der Waals surface area contributed by atoms with Crippen LogP contribution in [0.15, 0.2) is 12.1 Å². The van der Waals surface area contributed by atoms with Gasteiger partial charge in [0.1, 0.15) is 6.20 Å². The maximum absolute atomic E-state index is 5.38. The van der Waals surface area contributed by atoms with Gasteiger partial charge in [0.25, 0.3) is 0 Å². The second kappa shape index (κ2) is 3.23. The predicted octanol–water partition coefficient (Wildman–Crippen LogP) is 1.25. The van der Waals surface area contributed by atoms with Gasteiger partial charge in [-0.15, -0.1) is 0 Å². The topological polar surface area (TPSA) is 48.1 Å². The minimum Gasteiger partial charge on any atom is -0.475 e. The Kier molecular flexibility index (Phi) is 2.31. The minimum atomic E-state index is 0.138. The second-order valence-electron chi connectivity index (χ2n) is 2.52. The molecule has 1 aromatic rings. The molecule has 0 unspecified atom stereocenters. The van der Waals surface area contributed by atoms with Gasteiger partial charge in [-0.1, -0.05) is 0 Å². The molecular weight excluding hydrogens is 140 g/mol. The highest BCUT2D eigenvalue weighted by Crippen LogP contribution is 2.09. The van der Waals surface area contributed by atoms with Crippen molar-refractivity contribution < 1.29 is 4.74 Å². The first kappa shape index (κ1) is 7.85. The Morgan fingerprint density at radius 2 is 2.27 bits per heavy atom. The summed E-state index contributed by atoms with van der Waals surface area (Å²) in [6.07, 6.45) is 2.75. The fraction of sp³-hybridized carbons (Fsp3) is 0.375. The summed E-state index contributed by atoms with van der Waals surface area (Å²) in [5.41, 5.74) is 5.91. The van der Waals surface area contributed by atoms with Crippen LogP contribution in [0.1, 0.15) is 13.8 Å². The van der Waals surface area contributed by atoms with Gasteiger partial charge < -0.3 is 10.5 Å². The number of ether oxygens (including phenoxy) is 1. The van der Waals surface area contributed by atoms with E-state index in [4.69, 9.17) is 10.5 Å². The van der Waals surface area contributed by atoms with Gasteiger partial charge in [-0.05, 0) is 19.9 Å². The molecule has 0 aliphatic carbocycles. The quantitative estimate of drug-likeness (QED) is 0.692. The zero-order valence-corrected chi connectivity index (χ0v) is 6.66. The lowest BCUT2D eigenvalue weighted by molar-refractivity contribution is 0.232. The predicted molar refractivity (Wildman–Crippen MR) is 43.2 cm³/mol. The zero-order chi connectivity index (χ0) is 8.27. The summed E-state index contributed by atoms with van der Waals surface area (Å²) in [6, 6.07) is 3.44. The fourth-order valence-electron chi connectivity index (χ4n) is 0.662. The second-order valence-corrected chi connectivity index (χ2v) is 2.52. The lowest BCUT2D eigenvalue weighted by atomic mass is 10.4. The summed E-state index contributed by atoms with van der Waals surface area (Å²) in [7, 11) is 0. The maximum Gasteiger partial charge on any atom is 0.214 e. The minimum absolute atomic E-state index is 0.138. The molecule has 1 rings (SSSR count). The molecule has 0 saturated carbocycles. The Morgan fingerprint density at radius 1 is 1.55 bits per heavy atom. The van der Waals surface area contributed by atoms with Crippen LogP contribution in [0.25, 0.3) is 0 Å². The van der Waals surface area contributed by atoms with Crippen molar-refractivity contribution in [1.82, 2.24) is 4.98 Å². The van der Waals surface area contributed by atoms with Crippen molar-refractivity contribution in [1.29, 1.82) is 0 Å². The van der Waals surface area contributed by atoms with Crippen LogP contribution in [0.5, 0.6) is 5.88 Å². The van der Waals surface area contributed by atoms with E-state index in [9.17, 15) is 0 Å². The van der Waals surface area contributed by atoms with E-state index in [0.29, 0.717) is 11.6 Å². The van der Waals surface area contributed by atoms with E-state index < -0.39 is 0 Å². The summed E-state index contributed by atoms with van der Waals surface area (Å²) in [4.78, 5) is 3.85. The summed E-state index contributed by atoms with van der Waals surface area (Å²) in [6.45, 7) is 3.88. The third-order valence-electron chi connectivity index (χ3n) is 1.06. The van der Waals surface area contributed by atoms with Crippen LogP contribution in [0.2, 0.25) is 0 Å². The van der Waals surface area contributed by atoms with E-state index >= 15 is 0 Å². The van der Waals surface area contributed by atoms with Crippen molar-refractivity contribution >= 4 is 5.69 Å². The van der Waals surface area contributed by atoms with E-state index in [0.717, 1.165) is 0 Å². The number of rotatable bonds is 2. The summed E-state index contributed by atoms with van der Waals surface area (Å²) in [5, 5.41) is 0. The summed E-state index contributed by atoms with van der Waals surface area (Å²) in [5.74, 6) is 0.564. The molecule has 0 saturated heterocycles. The molecule has 2 N–H and O–H groups in total. The average Bonchev–Trinajstić information content (AvgIpc) is 1.93. The molecule has 0 amide bonds. The molecule has 1 aromatic heterocycles. The first-order valence-electron chi connectivity index (χ1n) is 3.49. The molecule has 59 valence electrons. The number of nitrogen functional groups attached to an aromatic ring is 1. The molecule has 3 heteroatoms. The van der Waals surface area contributed by atoms with E-state index in [1.165, 1.54) is 0 Å². The van der Waals surface area contributed by atoms with Crippen LogP contribution in [0.3, 0.4) is 0 Å². The molecule has 1 heterocycles. The number of nitrogens with two attached hydrogens (primary N) is 1. The Labute approximate surface area is 66.2 Å². The van der Waals surface area contributed by atoms with Gasteiger partial charge in [0.05, 0.1) is 11.8 Å². The Bertz CT molecular complexity index is 218. The van der Waals surface area contributed by atoms with Crippen LogP contribution in [-0.4, -0.2) is 11.1 Å². The SMILES string of the molecule is CC(C)Oc1ccc(N)[c]n1. The van der Waals surface area contributed by atoms with Crippen LogP contribution < -0.4 is 10.5 Å². The number of nitrogens with zero attached hydrogens (tertiary/aromatic N) is 1. The van der Waals surface area contributed by atoms with E-state index in [1.54, 1.807) is 12.1 Å². The molecule has 1 radical (unpaired) electrons. The largest absolute Gasteiger partial charge is 0.475 e. The standard InChI is InChI=1S/C8H11N2O/c1-6(2)11-8-4-3-7(9)5-10-8/h3-4,6H,9H2,1-2H3. The zero-order valence-electron chi connectivity index (χ0n) is 6.66. The molecule has 11 heavy (non-hydrogen) atoms. The van der Waals surface area contributed by atoms with Crippen LogP contribution in [0.4, 0.5) is 5.69 Å². The third kappa shape index (κ3) is 2.45. The van der Waals surface area contributed by atoms with Crippen molar-refractivity contribution in [2.75, 3.05) is 5.73 Å². The lowest BCUT2D eigenvalue weighted by Crippen LogP contribution is -2.06. The molecule has 0 aliphatic rings. The average molecular weight is 151 g/mol. The smallest absolute Gasteiger partial charge is 0.214 e. The first-order chi connectivity index (χ1) is 5.18. The molecule has 3 nitrogen and oxygen atoms in total. The van der Waals surface area contributed by atoms with Crippen LogP contribution in [0, 0.1) is 6.20 Å². The molecule has 0 bridgehead atoms. The highest BCUT2D eigenvalue weighted by atomic mass is 16.5. The number of anilines is 1. The van der Waals surface area contributed by atoms with Crippen molar-refractivity contribution in [2.45, 2.75) is 20.0 Å². The van der Waals surface area contributed by atoms with Gasteiger partial charge in [0.15, 0.2) is 0 Å². The molecule has 0 spiro atoms. The Hall–Kier alpha value is -1.25. The maximum atomic E-state index is 5.38. The number of pyridine rings is 1. The molecule has 0 aliphatic heterocycles.